The number of piperidine rings is 1. The Morgan fingerprint density at radius 1 is 1.09 bits per heavy atom. The minimum Gasteiger partial charge on any atom is -0.406 e. The van der Waals surface area contributed by atoms with Gasteiger partial charge >= 0.3 is 6.36 Å². The maximum absolute atomic E-state index is 12.9. The van der Waals surface area contributed by atoms with E-state index in [1.807, 2.05) is 6.07 Å². The third-order valence-electron chi connectivity index (χ3n) is 6.48. The smallest absolute Gasteiger partial charge is 0.406 e. The van der Waals surface area contributed by atoms with Gasteiger partial charge in [-0.1, -0.05) is 0 Å². The first kappa shape index (κ1) is 22.6. The number of aromatic amines is 1. The molecule has 1 amide bonds. The number of aromatic nitrogens is 3. The lowest BCUT2D eigenvalue weighted by Crippen LogP contribution is -2.38. The molecule has 2 fully saturated rings. The van der Waals surface area contributed by atoms with Crippen LogP contribution < -0.4 is 4.74 Å². The highest BCUT2D eigenvalue weighted by atomic mass is 19.4. The van der Waals surface area contributed by atoms with Gasteiger partial charge in [-0.3, -0.25) is 4.79 Å². The van der Waals surface area contributed by atoms with Crippen molar-refractivity contribution < 1.29 is 27.4 Å². The van der Waals surface area contributed by atoms with E-state index < -0.39 is 6.36 Å². The summed E-state index contributed by atoms with van der Waals surface area (Å²) in [6, 6.07) is 7.05. The van der Waals surface area contributed by atoms with Gasteiger partial charge in [0.15, 0.2) is 5.65 Å². The monoisotopic (exact) mass is 474 g/mol. The fourth-order valence-corrected chi connectivity index (χ4v) is 4.77. The van der Waals surface area contributed by atoms with Crippen LogP contribution in [0.1, 0.15) is 65.9 Å². The molecule has 2 saturated heterocycles. The van der Waals surface area contributed by atoms with Gasteiger partial charge in [-0.2, -0.15) is 0 Å². The van der Waals surface area contributed by atoms with Gasteiger partial charge in [-0.25, -0.2) is 9.97 Å². The van der Waals surface area contributed by atoms with Crippen LogP contribution in [0.3, 0.4) is 0 Å². The number of halogens is 3. The Morgan fingerprint density at radius 2 is 1.85 bits per heavy atom. The van der Waals surface area contributed by atoms with Crippen molar-refractivity contribution in [3.05, 3.63) is 53.5 Å². The molecule has 2 aromatic heterocycles. The van der Waals surface area contributed by atoms with Crippen LogP contribution in [-0.2, 0) is 4.74 Å². The number of nitrogens with one attached hydrogen (secondary N) is 1. The third kappa shape index (κ3) is 4.86. The SMILES string of the molecule is O=C(c1ccc(OC(F)(F)F)cc1)N1CCC(c2ccnc3nc([C@H]4CCCCO4)[nH]c23)CC1. The van der Waals surface area contributed by atoms with Gasteiger partial charge in [0, 0.05) is 31.5 Å². The van der Waals surface area contributed by atoms with Crippen LogP contribution >= 0.6 is 0 Å². The molecule has 180 valence electrons. The van der Waals surface area contributed by atoms with Gasteiger partial charge in [0.25, 0.3) is 5.91 Å². The second-order valence-corrected chi connectivity index (χ2v) is 8.71. The summed E-state index contributed by atoms with van der Waals surface area (Å²) in [5.74, 6) is 0.523. The number of benzene rings is 1. The van der Waals surface area contributed by atoms with Gasteiger partial charge in [-0.15, -0.1) is 13.2 Å². The largest absolute Gasteiger partial charge is 0.573 e. The van der Waals surface area contributed by atoms with Crippen LogP contribution in [0, 0.1) is 0 Å². The number of fused-ring (bicyclic) bond motifs is 1. The molecule has 1 atom stereocenters. The molecule has 0 saturated carbocycles. The molecule has 3 aromatic rings. The van der Waals surface area contributed by atoms with Crippen molar-refractivity contribution in [3.63, 3.8) is 0 Å². The lowest BCUT2D eigenvalue weighted by molar-refractivity contribution is -0.274. The van der Waals surface area contributed by atoms with Crippen LogP contribution in [0.25, 0.3) is 11.2 Å². The second-order valence-electron chi connectivity index (χ2n) is 8.71. The molecule has 5 rings (SSSR count). The lowest BCUT2D eigenvalue weighted by Gasteiger charge is -2.32. The molecule has 0 unspecified atom stereocenters. The molecule has 0 aliphatic carbocycles. The number of nitrogens with zero attached hydrogens (tertiary/aromatic N) is 3. The number of pyridine rings is 1. The fraction of sp³-hybridized carbons (Fsp3) is 0.458. The zero-order valence-electron chi connectivity index (χ0n) is 18.5. The summed E-state index contributed by atoms with van der Waals surface area (Å²) in [5, 5.41) is 0. The number of carbonyl (C=O) groups excluding carboxylic acids is 1. The minimum atomic E-state index is -4.76. The van der Waals surface area contributed by atoms with Crippen LogP contribution in [0.2, 0.25) is 0 Å². The molecule has 4 heterocycles. The predicted molar refractivity (Wildman–Crippen MR) is 117 cm³/mol. The van der Waals surface area contributed by atoms with E-state index >= 15 is 0 Å². The summed E-state index contributed by atoms with van der Waals surface area (Å²) in [6.07, 6.45) is 1.66. The van der Waals surface area contributed by atoms with Gasteiger partial charge in [0.05, 0.1) is 5.52 Å². The summed E-state index contributed by atoms with van der Waals surface area (Å²) >= 11 is 0. The Kier molecular flexibility index (Phi) is 6.16. The number of hydrogen-bond acceptors (Lipinski definition) is 5. The van der Waals surface area contributed by atoms with Gasteiger partial charge in [0.1, 0.15) is 17.7 Å². The van der Waals surface area contributed by atoms with E-state index in [-0.39, 0.29) is 23.7 Å². The van der Waals surface area contributed by atoms with Crippen LogP contribution in [0.15, 0.2) is 36.5 Å². The van der Waals surface area contributed by atoms with Crippen molar-refractivity contribution in [2.75, 3.05) is 19.7 Å². The average Bonchev–Trinajstić information content (AvgIpc) is 3.28. The second kappa shape index (κ2) is 9.25. The Hall–Kier alpha value is -3.14. The average molecular weight is 474 g/mol. The molecule has 34 heavy (non-hydrogen) atoms. The number of imidazole rings is 1. The number of H-pyrrole nitrogens is 1. The molecular formula is C24H25F3N4O3. The number of amides is 1. The number of carbonyl (C=O) groups is 1. The number of rotatable bonds is 4. The quantitative estimate of drug-likeness (QED) is 0.568. The molecule has 7 nitrogen and oxygen atoms in total. The molecule has 10 heteroatoms. The highest BCUT2D eigenvalue weighted by molar-refractivity contribution is 5.94. The fourth-order valence-electron chi connectivity index (χ4n) is 4.77. The van der Waals surface area contributed by atoms with Crippen molar-refractivity contribution in [3.8, 4) is 5.75 Å². The van der Waals surface area contributed by atoms with E-state index in [0.29, 0.717) is 24.3 Å². The van der Waals surface area contributed by atoms with Gasteiger partial charge in [-0.05, 0) is 73.9 Å². The zero-order chi connectivity index (χ0) is 23.7. The van der Waals surface area contributed by atoms with Crippen molar-refractivity contribution >= 4 is 17.1 Å². The molecular weight excluding hydrogens is 449 g/mol. The van der Waals surface area contributed by atoms with E-state index in [4.69, 9.17) is 4.74 Å². The third-order valence-corrected chi connectivity index (χ3v) is 6.48. The van der Waals surface area contributed by atoms with Gasteiger partial charge in [0.2, 0.25) is 0 Å². The van der Waals surface area contributed by atoms with Crippen LogP contribution in [0.5, 0.6) is 5.75 Å². The number of hydrogen-bond donors (Lipinski definition) is 1. The molecule has 0 bridgehead atoms. The summed E-state index contributed by atoms with van der Waals surface area (Å²) in [7, 11) is 0. The number of alkyl halides is 3. The Bertz CT molecular complexity index is 1150. The van der Waals surface area contributed by atoms with E-state index in [0.717, 1.165) is 67.7 Å². The normalized spacial score (nSPS) is 20.0. The first-order valence-electron chi connectivity index (χ1n) is 11.5. The lowest BCUT2D eigenvalue weighted by atomic mass is 9.89. The van der Waals surface area contributed by atoms with E-state index in [1.165, 1.54) is 12.1 Å². The standard InChI is InChI=1S/C24H25F3N4O3/c25-24(26,27)34-17-6-4-16(5-7-17)23(32)31-12-9-15(10-13-31)18-8-11-28-22-20(18)29-21(30-22)19-3-1-2-14-33-19/h4-8,11,15,19H,1-3,9-10,12-14H2,(H,28,29,30)/t19-/m1/s1. The molecule has 0 spiro atoms. The number of likely N-dealkylation sites (tertiary alicyclic amines) is 1. The number of ether oxygens (including phenoxy) is 2. The first-order chi connectivity index (χ1) is 16.4. The summed E-state index contributed by atoms with van der Waals surface area (Å²) in [6.45, 7) is 1.86. The molecule has 2 aliphatic rings. The van der Waals surface area contributed by atoms with Crippen LogP contribution in [-0.4, -0.2) is 51.8 Å². The van der Waals surface area contributed by atoms with Crippen molar-refractivity contribution in [2.24, 2.45) is 0 Å². The maximum Gasteiger partial charge on any atom is 0.573 e. The topological polar surface area (TPSA) is 80.3 Å². The highest BCUT2D eigenvalue weighted by Crippen LogP contribution is 2.34. The molecule has 1 aromatic carbocycles. The van der Waals surface area contributed by atoms with E-state index in [1.54, 1.807) is 11.1 Å². The molecule has 0 radical (unpaired) electrons. The molecule has 2 aliphatic heterocycles. The van der Waals surface area contributed by atoms with Crippen molar-refractivity contribution in [1.29, 1.82) is 0 Å². The Morgan fingerprint density at radius 3 is 2.53 bits per heavy atom. The van der Waals surface area contributed by atoms with E-state index in [2.05, 4.69) is 19.7 Å². The minimum absolute atomic E-state index is 0.0248. The highest BCUT2D eigenvalue weighted by Gasteiger charge is 2.31. The Labute approximate surface area is 194 Å². The molecule has 1 N–H and O–H groups in total. The first-order valence-corrected chi connectivity index (χ1v) is 11.5. The van der Waals surface area contributed by atoms with Crippen molar-refractivity contribution in [2.45, 2.75) is 50.5 Å². The Balaban J connectivity index is 1.25. The summed E-state index contributed by atoms with van der Waals surface area (Å²) in [5.41, 5.74) is 3.09. The predicted octanol–water partition coefficient (Wildman–Crippen LogP) is 5.12. The van der Waals surface area contributed by atoms with Crippen molar-refractivity contribution in [1.82, 2.24) is 19.9 Å². The van der Waals surface area contributed by atoms with E-state index in [9.17, 15) is 18.0 Å². The van der Waals surface area contributed by atoms with Crippen LogP contribution in [0.4, 0.5) is 13.2 Å². The maximum atomic E-state index is 12.9. The summed E-state index contributed by atoms with van der Waals surface area (Å²) < 4.78 is 46.8. The zero-order valence-corrected chi connectivity index (χ0v) is 18.5. The summed E-state index contributed by atoms with van der Waals surface area (Å²) in [4.78, 5) is 27.1. The van der Waals surface area contributed by atoms with Gasteiger partial charge < -0.3 is 19.4 Å².